The van der Waals surface area contributed by atoms with Crippen LogP contribution >= 0.6 is 0 Å². The van der Waals surface area contributed by atoms with Gasteiger partial charge in [-0.2, -0.15) is 0 Å². The number of nitrogens with one attached hydrogen (secondary N) is 1. The number of hydrogen-bond acceptors (Lipinski definition) is 12. The van der Waals surface area contributed by atoms with E-state index in [1.54, 1.807) is 45.0 Å². The second-order valence-corrected chi connectivity index (χ2v) is 14.4. The van der Waals surface area contributed by atoms with E-state index in [0.717, 1.165) is 0 Å². The Kier molecular flexibility index (Phi) is 12.9. The average molecular weight is 721 g/mol. The summed E-state index contributed by atoms with van der Waals surface area (Å²) in [7, 11) is 2.96. The molecule has 1 aliphatic heterocycles. The quantitative estimate of drug-likeness (QED) is 0.131. The van der Waals surface area contributed by atoms with Crippen LogP contribution in [0.4, 0.5) is 4.79 Å². The van der Waals surface area contributed by atoms with E-state index in [2.05, 4.69) is 5.32 Å². The number of phenolic OH excluding ortho intramolecular Hbond substituents is 1. The molecule has 3 aromatic rings. The number of esters is 1. The fourth-order valence-electron chi connectivity index (χ4n) is 5.55. The standard InChI is InChI=1S/C39H48N2O11/c1-38(2,3)29-20-26(15-17-31(29)42)35(44)40-30-22-41(52-37(46)51-39(4,5)6)19-9-10-33(30)50-36(45)25-13-11-24(12-14-25)34(43)28-21-27(48-8)16-18-32(28)49-23-47-7/h11-18,20-21,30,33,42H,9-10,19,22-23H2,1-8H3,(H,40,44)/t30-,33-/m1/s1. The number of methoxy groups -OCH3 is 2. The number of aromatic hydroxyl groups is 1. The van der Waals surface area contributed by atoms with Gasteiger partial charge in [-0.3, -0.25) is 9.59 Å². The largest absolute Gasteiger partial charge is 0.528 e. The summed E-state index contributed by atoms with van der Waals surface area (Å²) >= 11 is 0. The third-order valence-electron chi connectivity index (χ3n) is 8.13. The summed E-state index contributed by atoms with van der Waals surface area (Å²) in [4.78, 5) is 58.7. The summed E-state index contributed by atoms with van der Waals surface area (Å²) in [5.74, 6) is -0.652. The van der Waals surface area contributed by atoms with Crippen molar-refractivity contribution in [2.45, 2.75) is 77.5 Å². The van der Waals surface area contributed by atoms with Crippen molar-refractivity contribution in [2.75, 3.05) is 34.1 Å². The molecule has 1 saturated heterocycles. The molecule has 2 N–H and O–H groups in total. The minimum Gasteiger partial charge on any atom is -0.508 e. The number of carbonyl (C=O) groups is 4. The summed E-state index contributed by atoms with van der Waals surface area (Å²) in [6.45, 7) is 11.2. The summed E-state index contributed by atoms with van der Waals surface area (Å²) < 4.78 is 27.2. The second-order valence-electron chi connectivity index (χ2n) is 14.4. The van der Waals surface area contributed by atoms with Crippen LogP contribution in [0.5, 0.6) is 17.2 Å². The predicted octanol–water partition coefficient (Wildman–Crippen LogP) is 6.20. The Labute approximate surface area is 304 Å². The van der Waals surface area contributed by atoms with Crippen molar-refractivity contribution in [1.29, 1.82) is 0 Å². The van der Waals surface area contributed by atoms with Gasteiger partial charge in [0, 0.05) is 30.3 Å². The number of benzene rings is 3. The molecule has 0 aliphatic carbocycles. The van der Waals surface area contributed by atoms with Crippen molar-refractivity contribution >= 4 is 23.8 Å². The number of ether oxygens (including phenoxy) is 5. The SMILES string of the molecule is COCOc1ccc(OC)cc1C(=O)c1ccc(C(=O)O[C@@H]2CCCN(OC(=O)OC(C)(C)C)C[C@H]2NC(=O)c2ccc(O)c(C(C)(C)C)c2)cc1. The number of nitrogens with zero attached hydrogens (tertiary/aromatic N) is 1. The lowest BCUT2D eigenvalue weighted by atomic mass is 9.85. The molecular formula is C39H48N2O11. The van der Waals surface area contributed by atoms with Gasteiger partial charge >= 0.3 is 12.1 Å². The highest BCUT2D eigenvalue weighted by Crippen LogP contribution is 2.32. The first-order chi connectivity index (χ1) is 24.5. The lowest BCUT2D eigenvalue weighted by Crippen LogP contribution is -2.50. The van der Waals surface area contributed by atoms with Gasteiger partial charge in [0.2, 0.25) is 0 Å². The summed E-state index contributed by atoms with van der Waals surface area (Å²) in [6.07, 6.45) is -0.921. The summed E-state index contributed by atoms with van der Waals surface area (Å²) in [5.41, 5.74) is 0.395. The maximum atomic E-state index is 13.6. The van der Waals surface area contributed by atoms with E-state index in [9.17, 15) is 24.3 Å². The molecule has 1 heterocycles. The molecule has 0 unspecified atom stereocenters. The molecule has 0 bridgehead atoms. The zero-order valence-corrected chi connectivity index (χ0v) is 30.9. The Hall–Kier alpha value is -5.14. The minimum atomic E-state index is -0.901. The zero-order valence-electron chi connectivity index (χ0n) is 30.9. The topological polar surface area (TPSA) is 159 Å². The molecule has 13 nitrogen and oxygen atoms in total. The molecule has 2 atom stereocenters. The van der Waals surface area contributed by atoms with Crippen molar-refractivity contribution in [2.24, 2.45) is 0 Å². The number of carbonyl (C=O) groups excluding carboxylic acids is 4. The van der Waals surface area contributed by atoms with Gasteiger partial charge in [-0.05, 0) is 87.6 Å². The molecule has 0 aromatic heterocycles. The summed E-state index contributed by atoms with van der Waals surface area (Å²) in [5, 5.41) is 14.8. The van der Waals surface area contributed by atoms with Crippen LogP contribution in [0.3, 0.4) is 0 Å². The van der Waals surface area contributed by atoms with Gasteiger partial charge in [0.15, 0.2) is 12.6 Å². The molecule has 280 valence electrons. The Balaban J connectivity index is 1.55. The number of rotatable bonds is 11. The van der Waals surface area contributed by atoms with Crippen molar-refractivity contribution in [3.63, 3.8) is 0 Å². The molecule has 0 spiro atoms. The lowest BCUT2D eigenvalue weighted by molar-refractivity contribution is -0.144. The van der Waals surface area contributed by atoms with E-state index in [1.165, 1.54) is 55.7 Å². The molecular weight excluding hydrogens is 672 g/mol. The van der Waals surface area contributed by atoms with E-state index in [1.807, 2.05) is 20.8 Å². The summed E-state index contributed by atoms with van der Waals surface area (Å²) in [6, 6.07) is 14.6. The smallest absolute Gasteiger partial charge is 0.508 e. The molecule has 52 heavy (non-hydrogen) atoms. The van der Waals surface area contributed by atoms with Gasteiger partial charge in [-0.1, -0.05) is 32.9 Å². The van der Waals surface area contributed by atoms with E-state index in [0.29, 0.717) is 47.6 Å². The van der Waals surface area contributed by atoms with Crippen LogP contribution in [0.1, 0.15) is 96.6 Å². The van der Waals surface area contributed by atoms with Crippen LogP contribution in [-0.4, -0.2) is 85.8 Å². The van der Waals surface area contributed by atoms with E-state index >= 15 is 0 Å². The highest BCUT2D eigenvalue weighted by Gasteiger charge is 2.34. The van der Waals surface area contributed by atoms with Gasteiger partial charge in [-0.15, -0.1) is 5.06 Å². The predicted molar refractivity (Wildman–Crippen MR) is 191 cm³/mol. The van der Waals surface area contributed by atoms with Gasteiger partial charge in [0.25, 0.3) is 5.91 Å². The van der Waals surface area contributed by atoms with E-state index in [-0.39, 0.29) is 36.0 Å². The molecule has 0 radical (unpaired) electrons. The van der Waals surface area contributed by atoms with Crippen molar-refractivity contribution in [1.82, 2.24) is 10.4 Å². The number of amides is 1. The highest BCUT2D eigenvalue weighted by molar-refractivity contribution is 6.11. The molecule has 0 saturated carbocycles. The maximum absolute atomic E-state index is 13.6. The van der Waals surface area contributed by atoms with Gasteiger partial charge in [-0.25, -0.2) is 9.59 Å². The average Bonchev–Trinajstić information content (AvgIpc) is 3.26. The Morgan fingerprint density at radius 3 is 2.19 bits per heavy atom. The van der Waals surface area contributed by atoms with Crippen LogP contribution in [-0.2, 0) is 24.5 Å². The van der Waals surface area contributed by atoms with Crippen LogP contribution in [0.15, 0.2) is 60.7 Å². The molecule has 13 heteroatoms. The highest BCUT2D eigenvalue weighted by atomic mass is 16.8. The van der Waals surface area contributed by atoms with Gasteiger partial charge < -0.3 is 38.9 Å². The third kappa shape index (κ3) is 10.7. The fraction of sp³-hybridized carbons (Fsp3) is 0.436. The number of hydrogen-bond donors (Lipinski definition) is 2. The van der Waals surface area contributed by atoms with Gasteiger partial charge in [0.1, 0.15) is 29.0 Å². The molecule has 1 aliphatic rings. The number of phenols is 1. The fourth-order valence-corrected chi connectivity index (χ4v) is 5.55. The Morgan fingerprint density at radius 1 is 0.885 bits per heavy atom. The third-order valence-corrected chi connectivity index (χ3v) is 8.13. The second kappa shape index (κ2) is 16.9. The number of hydroxylamine groups is 2. The normalized spacial score (nSPS) is 16.6. The van der Waals surface area contributed by atoms with Gasteiger partial charge in [0.05, 0.1) is 30.8 Å². The van der Waals surface area contributed by atoms with Crippen molar-refractivity contribution in [3.05, 3.63) is 88.5 Å². The van der Waals surface area contributed by atoms with Crippen molar-refractivity contribution in [3.8, 4) is 17.2 Å². The van der Waals surface area contributed by atoms with Crippen LogP contribution in [0.2, 0.25) is 0 Å². The first-order valence-corrected chi connectivity index (χ1v) is 16.9. The lowest BCUT2D eigenvalue weighted by Gasteiger charge is -2.29. The molecule has 3 aromatic carbocycles. The Morgan fingerprint density at radius 2 is 1.56 bits per heavy atom. The first kappa shape index (κ1) is 39.6. The zero-order chi connectivity index (χ0) is 38.2. The Bertz CT molecular complexity index is 1740. The first-order valence-electron chi connectivity index (χ1n) is 16.9. The van der Waals surface area contributed by atoms with Crippen LogP contribution in [0, 0.1) is 0 Å². The van der Waals surface area contributed by atoms with Crippen molar-refractivity contribution < 1.29 is 52.8 Å². The van der Waals surface area contributed by atoms with Crippen LogP contribution < -0.4 is 14.8 Å². The molecule has 1 fully saturated rings. The van der Waals surface area contributed by atoms with E-state index in [4.69, 9.17) is 28.5 Å². The number of ketones is 1. The monoisotopic (exact) mass is 720 g/mol. The maximum Gasteiger partial charge on any atom is 0.528 e. The van der Waals surface area contributed by atoms with E-state index < -0.39 is 41.2 Å². The molecule has 4 rings (SSSR count). The molecule has 1 amide bonds. The minimum absolute atomic E-state index is 0.00536. The van der Waals surface area contributed by atoms with Crippen LogP contribution in [0.25, 0.3) is 0 Å².